The number of nitrogens with one attached hydrogen (secondary N) is 3. The highest BCUT2D eigenvalue weighted by atomic mass is 19.3. The van der Waals surface area contributed by atoms with Gasteiger partial charge in [-0.3, -0.25) is 4.79 Å². The van der Waals surface area contributed by atoms with Crippen LogP contribution in [0.3, 0.4) is 0 Å². The molecule has 0 amide bonds. The van der Waals surface area contributed by atoms with Crippen LogP contribution in [0.4, 0.5) is 37.5 Å². The van der Waals surface area contributed by atoms with Gasteiger partial charge in [-0.25, -0.2) is 13.8 Å². The molecule has 1 saturated heterocycles. The average molecular weight is 478 g/mol. The Balaban J connectivity index is 1.47. The zero-order chi connectivity index (χ0) is 24.2. The van der Waals surface area contributed by atoms with Gasteiger partial charge in [0.05, 0.1) is 18.6 Å². The molecule has 0 spiro atoms. The fourth-order valence-corrected chi connectivity index (χ4v) is 4.21. The van der Waals surface area contributed by atoms with Crippen LogP contribution in [0.15, 0.2) is 71.7 Å². The Labute approximate surface area is 200 Å². The SMILES string of the molecule is O=c1[nH]ccc2cc(Nc3ccccc3CC(F)F)nc(Nc3ccc(N4CCOCC4)cc3)c12. The molecule has 0 aliphatic carbocycles. The molecular weight excluding hydrogens is 452 g/mol. The van der Waals surface area contributed by atoms with E-state index in [0.29, 0.717) is 46.9 Å². The second-order valence-corrected chi connectivity index (χ2v) is 8.28. The highest BCUT2D eigenvalue weighted by Gasteiger charge is 2.14. The van der Waals surface area contributed by atoms with E-state index in [2.05, 4.69) is 25.5 Å². The van der Waals surface area contributed by atoms with Crippen molar-refractivity contribution in [1.29, 1.82) is 0 Å². The molecule has 1 aliphatic heterocycles. The van der Waals surface area contributed by atoms with Gasteiger partial charge in [-0.15, -0.1) is 0 Å². The first-order valence-corrected chi connectivity index (χ1v) is 11.4. The summed E-state index contributed by atoms with van der Waals surface area (Å²) in [6.07, 6.45) is -1.25. The molecular formula is C26H25F2N5O2. The molecule has 180 valence electrons. The summed E-state index contributed by atoms with van der Waals surface area (Å²) in [4.78, 5) is 22.2. The first-order chi connectivity index (χ1) is 17.1. The maximum absolute atomic E-state index is 13.0. The smallest absolute Gasteiger partial charge is 0.259 e. The molecule has 0 unspecified atom stereocenters. The van der Waals surface area contributed by atoms with E-state index in [1.54, 1.807) is 42.6 Å². The van der Waals surface area contributed by atoms with E-state index in [1.165, 1.54) is 0 Å². The van der Waals surface area contributed by atoms with Crippen LogP contribution < -0.4 is 21.1 Å². The van der Waals surface area contributed by atoms with Crippen LogP contribution in [0, 0.1) is 0 Å². The van der Waals surface area contributed by atoms with Gasteiger partial charge < -0.3 is 25.3 Å². The van der Waals surface area contributed by atoms with E-state index in [1.807, 2.05) is 24.3 Å². The number of rotatable bonds is 7. The Bertz CT molecular complexity index is 1370. The number of pyridine rings is 2. The summed E-state index contributed by atoms with van der Waals surface area (Å²) >= 11 is 0. The van der Waals surface area contributed by atoms with E-state index in [9.17, 15) is 13.6 Å². The number of aromatic nitrogens is 2. The monoisotopic (exact) mass is 477 g/mol. The number of fused-ring (bicyclic) bond motifs is 1. The van der Waals surface area contributed by atoms with Crippen LogP contribution in [-0.4, -0.2) is 42.7 Å². The van der Waals surface area contributed by atoms with Crippen molar-refractivity contribution in [2.24, 2.45) is 0 Å². The Morgan fingerprint density at radius 3 is 2.57 bits per heavy atom. The molecule has 0 atom stereocenters. The number of morpholine rings is 1. The van der Waals surface area contributed by atoms with Gasteiger partial charge in [0.1, 0.15) is 11.6 Å². The largest absolute Gasteiger partial charge is 0.378 e. The van der Waals surface area contributed by atoms with Crippen LogP contribution in [0.2, 0.25) is 0 Å². The molecule has 5 rings (SSSR count). The fraction of sp³-hybridized carbons (Fsp3) is 0.231. The molecule has 3 heterocycles. The number of hydrogen-bond donors (Lipinski definition) is 3. The molecule has 0 radical (unpaired) electrons. The highest BCUT2D eigenvalue weighted by Crippen LogP contribution is 2.29. The van der Waals surface area contributed by atoms with Crippen molar-refractivity contribution in [2.45, 2.75) is 12.8 Å². The van der Waals surface area contributed by atoms with Gasteiger partial charge in [0.15, 0.2) is 0 Å². The number of anilines is 5. The Kier molecular flexibility index (Phi) is 6.58. The minimum Gasteiger partial charge on any atom is -0.378 e. The molecule has 0 bridgehead atoms. The second kappa shape index (κ2) is 10.1. The quantitative estimate of drug-likeness (QED) is 0.345. The van der Waals surface area contributed by atoms with Crippen LogP contribution >= 0.6 is 0 Å². The maximum atomic E-state index is 13.0. The topological polar surface area (TPSA) is 82.3 Å². The van der Waals surface area contributed by atoms with Crippen LogP contribution in [0.5, 0.6) is 0 Å². The summed E-state index contributed by atoms with van der Waals surface area (Å²) in [6.45, 7) is 3.10. The van der Waals surface area contributed by atoms with Crippen molar-refractivity contribution in [3.8, 4) is 0 Å². The van der Waals surface area contributed by atoms with Gasteiger partial charge >= 0.3 is 0 Å². The number of alkyl halides is 2. The summed E-state index contributed by atoms with van der Waals surface area (Å²) in [6, 6.07) is 18.3. The number of benzene rings is 2. The predicted molar refractivity (Wildman–Crippen MR) is 135 cm³/mol. The maximum Gasteiger partial charge on any atom is 0.259 e. The normalized spacial score (nSPS) is 13.9. The average Bonchev–Trinajstić information content (AvgIpc) is 2.86. The summed E-state index contributed by atoms with van der Waals surface area (Å²) in [7, 11) is 0. The molecule has 2 aromatic carbocycles. The third-order valence-electron chi connectivity index (χ3n) is 5.91. The predicted octanol–water partition coefficient (Wildman–Crippen LogP) is 5.05. The lowest BCUT2D eigenvalue weighted by Crippen LogP contribution is -2.36. The van der Waals surface area contributed by atoms with E-state index >= 15 is 0 Å². The molecule has 3 N–H and O–H groups in total. The van der Waals surface area contributed by atoms with E-state index in [0.717, 1.165) is 24.5 Å². The third kappa shape index (κ3) is 5.25. The zero-order valence-electron chi connectivity index (χ0n) is 18.9. The van der Waals surface area contributed by atoms with E-state index in [-0.39, 0.29) is 12.0 Å². The highest BCUT2D eigenvalue weighted by molar-refractivity contribution is 5.94. The van der Waals surface area contributed by atoms with Crippen molar-refractivity contribution in [2.75, 3.05) is 41.8 Å². The lowest BCUT2D eigenvalue weighted by molar-refractivity contribution is 0.122. The number of halogens is 2. The molecule has 4 aromatic rings. The molecule has 1 fully saturated rings. The molecule has 7 nitrogen and oxygen atoms in total. The Morgan fingerprint density at radius 1 is 1.03 bits per heavy atom. The van der Waals surface area contributed by atoms with Crippen LogP contribution in [0.1, 0.15) is 5.56 Å². The van der Waals surface area contributed by atoms with E-state index < -0.39 is 6.43 Å². The fourth-order valence-electron chi connectivity index (χ4n) is 4.21. The minimum absolute atomic E-state index is 0.271. The Morgan fingerprint density at radius 2 is 1.80 bits per heavy atom. The summed E-state index contributed by atoms with van der Waals surface area (Å²) in [5.74, 6) is 0.814. The van der Waals surface area contributed by atoms with E-state index in [4.69, 9.17) is 4.74 Å². The third-order valence-corrected chi connectivity index (χ3v) is 5.91. The Hall–Kier alpha value is -3.98. The number of para-hydroxylation sites is 1. The van der Waals surface area contributed by atoms with Crippen LogP contribution in [-0.2, 0) is 11.2 Å². The standard InChI is InChI=1S/C26H25F2N5O2/c27-22(28)15-17-3-1-2-4-21(17)31-23-16-18-9-10-29-26(34)24(18)25(32-23)30-19-5-7-20(8-6-19)33-11-13-35-14-12-33/h1-10,16,22H,11-15H2,(H,29,34)(H2,30,31,32). The van der Waals surface area contributed by atoms with Gasteiger partial charge in [-0.05, 0) is 53.4 Å². The molecule has 9 heteroatoms. The van der Waals surface area contributed by atoms with Gasteiger partial charge in [0, 0.05) is 42.8 Å². The molecule has 2 aromatic heterocycles. The number of nitrogens with zero attached hydrogens (tertiary/aromatic N) is 2. The van der Waals surface area contributed by atoms with Gasteiger partial charge in [0.2, 0.25) is 6.43 Å². The molecule has 1 aliphatic rings. The minimum atomic E-state index is -2.46. The number of H-pyrrole nitrogens is 1. The first-order valence-electron chi connectivity index (χ1n) is 11.4. The second-order valence-electron chi connectivity index (χ2n) is 8.28. The van der Waals surface area contributed by atoms with Crippen LogP contribution in [0.25, 0.3) is 10.8 Å². The number of ether oxygens (including phenoxy) is 1. The lowest BCUT2D eigenvalue weighted by Gasteiger charge is -2.28. The zero-order valence-corrected chi connectivity index (χ0v) is 18.9. The van der Waals surface area contributed by atoms with Crippen molar-refractivity contribution in [1.82, 2.24) is 9.97 Å². The number of aromatic amines is 1. The summed E-state index contributed by atoms with van der Waals surface area (Å²) < 4.78 is 31.5. The van der Waals surface area contributed by atoms with Crippen molar-refractivity contribution >= 4 is 39.5 Å². The van der Waals surface area contributed by atoms with Crippen molar-refractivity contribution in [3.05, 3.63) is 82.8 Å². The van der Waals surface area contributed by atoms with Gasteiger partial charge in [-0.2, -0.15) is 0 Å². The lowest BCUT2D eigenvalue weighted by atomic mass is 10.1. The summed E-state index contributed by atoms with van der Waals surface area (Å²) in [5, 5.41) is 7.49. The first kappa shape index (κ1) is 22.8. The van der Waals surface area contributed by atoms with Crippen molar-refractivity contribution < 1.29 is 13.5 Å². The van der Waals surface area contributed by atoms with Crippen molar-refractivity contribution in [3.63, 3.8) is 0 Å². The molecule has 35 heavy (non-hydrogen) atoms. The molecule has 0 saturated carbocycles. The van der Waals surface area contributed by atoms with Gasteiger partial charge in [0.25, 0.3) is 5.56 Å². The summed E-state index contributed by atoms with van der Waals surface area (Å²) in [5.41, 5.74) is 2.63. The van der Waals surface area contributed by atoms with Gasteiger partial charge in [-0.1, -0.05) is 18.2 Å². The number of hydrogen-bond acceptors (Lipinski definition) is 6.